The Labute approximate surface area is 73.9 Å². The first-order chi connectivity index (χ1) is 5.77. The lowest BCUT2D eigenvalue weighted by Crippen LogP contribution is -2.48. The molecule has 1 aliphatic carbocycles. The van der Waals surface area contributed by atoms with Gasteiger partial charge in [-0.05, 0) is 12.8 Å². The normalized spacial score (nSPS) is 33.4. The van der Waals surface area contributed by atoms with Gasteiger partial charge >= 0.3 is 0 Å². The van der Waals surface area contributed by atoms with E-state index >= 15 is 0 Å². The Morgan fingerprint density at radius 2 is 2.17 bits per heavy atom. The molecule has 0 aromatic rings. The van der Waals surface area contributed by atoms with Gasteiger partial charge < -0.3 is 0 Å². The summed E-state index contributed by atoms with van der Waals surface area (Å²) in [6.07, 6.45) is 4.91. The summed E-state index contributed by atoms with van der Waals surface area (Å²) >= 11 is 0. The largest absolute Gasteiger partial charge is 0.299 e. The number of Topliss-reactive ketones (excluding diaryl/α,β-unsaturated/α-hetero) is 1. The molecule has 1 atom stereocenters. The molecular formula is C10H17NO. The molecule has 0 radical (unpaired) electrons. The third-order valence-corrected chi connectivity index (χ3v) is 3.29. The van der Waals surface area contributed by atoms with Crippen LogP contribution >= 0.6 is 0 Å². The minimum absolute atomic E-state index is 0.291. The zero-order valence-corrected chi connectivity index (χ0v) is 7.75. The van der Waals surface area contributed by atoms with E-state index < -0.39 is 0 Å². The molecule has 1 saturated carbocycles. The zero-order chi connectivity index (χ0) is 8.55. The molecule has 68 valence electrons. The van der Waals surface area contributed by atoms with Crippen molar-refractivity contribution >= 4 is 5.78 Å². The predicted octanol–water partition coefficient (Wildman–Crippen LogP) is 1.45. The molecule has 2 heteroatoms. The van der Waals surface area contributed by atoms with Gasteiger partial charge in [-0.2, -0.15) is 0 Å². The summed E-state index contributed by atoms with van der Waals surface area (Å²) in [4.78, 5) is 13.8. The lowest BCUT2D eigenvalue weighted by atomic mass is 9.88. The monoisotopic (exact) mass is 167 g/mol. The van der Waals surface area contributed by atoms with Crippen LogP contribution in [0.2, 0.25) is 0 Å². The molecule has 1 saturated heterocycles. The molecule has 2 rings (SSSR count). The fraction of sp³-hybridized carbons (Fsp3) is 0.900. The number of carbonyl (C=O) groups is 1. The summed E-state index contributed by atoms with van der Waals surface area (Å²) in [5, 5.41) is 0. The molecule has 0 bridgehead atoms. The molecule has 2 nitrogen and oxygen atoms in total. The Morgan fingerprint density at radius 1 is 1.42 bits per heavy atom. The highest BCUT2D eigenvalue weighted by molar-refractivity contribution is 5.81. The third-order valence-electron chi connectivity index (χ3n) is 3.29. The van der Waals surface area contributed by atoms with E-state index in [0.29, 0.717) is 11.7 Å². The summed E-state index contributed by atoms with van der Waals surface area (Å²) in [5.74, 6) is 0.755. The van der Waals surface area contributed by atoms with Crippen molar-refractivity contribution in [2.45, 2.75) is 38.6 Å². The number of hydrogen-bond donors (Lipinski definition) is 0. The fourth-order valence-electron chi connectivity index (χ4n) is 2.13. The Balaban J connectivity index is 1.88. The molecule has 2 aliphatic rings. The Hall–Kier alpha value is -0.370. The Bertz CT molecular complexity index is 186. The minimum Gasteiger partial charge on any atom is -0.299 e. The van der Waals surface area contributed by atoms with Crippen LogP contribution in [0.5, 0.6) is 0 Å². The van der Waals surface area contributed by atoms with Gasteiger partial charge in [0.15, 0.2) is 0 Å². The quantitative estimate of drug-likeness (QED) is 0.589. The van der Waals surface area contributed by atoms with Crippen LogP contribution in [0.15, 0.2) is 0 Å². The van der Waals surface area contributed by atoms with Gasteiger partial charge in [0, 0.05) is 31.5 Å². The van der Waals surface area contributed by atoms with E-state index in [9.17, 15) is 4.79 Å². The highest BCUT2D eigenvalue weighted by Crippen LogP contribution is 2.27. The molecule has 1 heterocycles. The maximum absolute atomic E-state index is 11.2. The van der Waals surface area contributed by atoms with Crippen molar-refractivity contribution in [1.29, 1.82) is 0 Å². The first kappa shape index (κ1) is 8.24. The maximum Gasteiger partial charge on any atom is 0.138 e. The van der Waals surface area contributed by atoms with Gasteiger partial charge in [-0.15, -0.1) is 0 Å². The zero-order valence-electron chi connectivity index (χ0n) is 7.75. The van der Waals surface area contributed by atoms with Gasteiger partial charge in [0.25, 0.3) is 0 Å². The Morgan fingerprint density at radius 3 is 2.67 bits per heavy atom. The van der Waals surface area contributed by atoms with Crippen molar-refractivity contribution in [2.24, 2.45) is 5.92 Å². The maximum atomic E-state index is 11.2. The van der Waals surface area contributed by atoms with E-state index in [-0.39, 0.29) is 0 Å². The van der Waals surface area contributed by atoms with E-state index in [1.165, 1.54) is 19.3 Å². The van der Waals surface area contributed by atoms with Crippen molar-refractivity contribution in [3.05, 3.63) is 0 Å². The standard InChI is InChI=1S/C10H17NO/c1-8-7-11(6-5-10(8)12)9-3-2-4-9/h8-9H,2-7H2,1H3. The Kier molecular flexibility index (Phi) is 2.18. The molecule has 0 N–H and O–H groups in total. The van der Waals surface area contributed by atoms with Crippen molar-refractivity contribution < 1.29 is 4.79 Å². The van der Waals surface area contributed by atoms with Crippen molar-refractivity contribution in [3.63, 3.8) is 0 Å². The smallest absolute Gasteiger partial charge is 0.138 e. The van der Waals surface area contributed by atoms with Crippen LogP contribution in [-0.2, 0) is 4.79 Å². The average molecular weight is 167 g/mol. The number of rotatable bonds is 1. The summed E-state index contributed by atoms with van der Waals surface area (Å²) in [5.41, 5.74) is 0. The molecule has 0 aromatic heterocycles. The minimum atomic E-state index is 0.291. The van der Waals surface area contributed by atoms with E-state index in [2.05, 4.69) is 11.8 Å². The second-order valence-corrected chi connectivity index (χ2v) is 4.20. The lowest BCUT2D eigenvalue weighted by molar-refractivity contribution is -0.126. The number of nitrogens with zero attached hydrogens (tertiary/aromatic N) is 1. The van der Waals surface area contributed by atoms with E-state index in [1.807, 2.05) is 0 Å². The van der Waals surface area contributed by atoms with Gasteiger partial charge in [0.2, 0.25) is 0 Å². The number of carbonyl (C=O) groups excluding carboxylic acids is 1. The number of piperidine rings is 1. The summed E-state index contributed by atoms with van der Waals surface area (Å²) < 4.78 is 0. The molecule has 0 spiro atoms. The van der Waals surface area contributed by atoms with E-state index in [1.54, 1.807) is 0 Å². The highest BCUT2D eigenvalue weighted by atomic mass is 16.1. The molecule has 1 unspecified atom stereocenters. The van der Waals surface area contributed by atoms with Crippen LogP contribution in [0, 0.1) is 5.92 Å². The second kappa shape index (κ2) is 3.17. The first-order valence-electron chi connectivity index (χ1n) is 5.04. The fourth-order valence-corrected chi connectivity index (χ4v) is 2.13. The SMILES string of the molecule is CC1CN(C2CCC2)CCC1=O. The van der Waals surface area contributed by atoms with Crippen LogP contribution in [0.4, 0.5) is 0 Å². The van der Waals surface area contributed by atoms with Crippen molar-refractivity contribution in [2.75, 3.05) is 13.1 Å². The number of likely N-dealkylation sites (tertiary alicyclic amines) is 1. The molecule has 0 aromatic carbocycles. The summed E-state index contributed by atoms with van der Waals surface area (Å²) in [7, 11) is 0. The van der Waals surface area contributed by atoms with Gasteiger partial charge in [-0.3, -0.25) is 9.69 Å². The van der Waals surface area contributed by atoms with Crippen LogP contribution in [0.25, 0.3) is 0 Å². The summed E-state index contributed by atoms with van der Waals surface area (Å²) in [6, 6.07) is 0.820. The van der Waals surface area contributed by atoms with Crippen molar-refractivity contribution in [3.8, 4) is 0 Å². The van der Waals surface area contributed by atoms with E-state index in [4.69, 9.17) is 0 Å². The number of ketones is 1. The topological polar surface area (TPSA) is 20.3 Å². The van der Waals surface area contributed by atoms with Gasteiger partial charge in [0.1, 0.15) is 5.78 Å². The highest BCUT2D eigenvalue weighted by Gasteiger charge is 2.30. The first-order valence-corrected chi connectivity index (χ1v) is 5.04. The second-order valence-electron chi connectivity index (χ2n) is 4.20. The van der Waals surface area contributed by atoms with Crippen LogP contribution in [0.3, 0.4) is 0 Å². The van der Waals surface area contributed by atoms with Crippen LogP contribution in [0.1, 0.15) is 32.6 Å². The van der Waals surface area contributed by atoms with Crippen LogP contribution in [-0.4, -0.2) is 29.8 Å². The molecule has 2 fully saturated rings. The molecular weight excluding hydrogens is 150 g/mol. The van der Waals surface area contributed by atoms with Gasteiger partial charge in [-0.1, -0.05) is 13.3 Å². The molecule has 1 aliphatic heterocycles. The molecule has 0 amide bonds. The van der Waals surface area contributed by atoms with E-state index in [0.717, 1.165) is 25.6 Å². The lowest BCUT2D eigenvalue weighted by Gasteiger charge is -2.41. The predicted molar refractivity (Wildman–Crippen MR) is 48.0 cm³/mol. The summed E-state index contributed by atoms with van der Waals surface area (Å²) in [6.45, 7) is 4.10. The average Bonchev–Trinajstić information content (AvgIpc) is 1.93. The van der Waals surface area contributed by atoms with Gasteiger partial charge in [-0.25, -0.2) is 0 Å². The van der Waals surface area contributed by atoms with Gasteiger partial charge in [0.05, 0.1) is 0 Å². The third kappa shape index (κ3) is 1.40. The number of hydrogen-bond acceptors (Lipinski definition) is 2. The molecule has 12 heavy (non-hydrogen) atoms. The van der Waals surface area contributed by atoms with Crippen molar-refractivity contribution in [1.82, 2.24) is 4.90 Å². The van der Waals surface area contributed by atoms with Crippen LogP contribution < -0.4 is 0 Å².